The topological polar surface area (TPSA) is 74.5 Å². The summed E-state index contributed by atoms with van der Waals surface area (Å²) >= 11 is 0. The van der Waals surface area contributed by atoms with Crippen LogP contribution in [0.1, 0.15) is 45.6 Å². The van der Waals surface area contributed by atoms with Crippen molar-refractivity contribution in [2.45, 2.75) is 46.5 Å². The summed E-state index contributed by atoms with van der Waals surface area (Å²) in [7, 11) is 0. The van der Waals surface area contributed by atoms with Crippen molar-refractivity contribution in [2.75, 3.05) is 26.2 Å². The van der Waals surface area contributed by atoms with Crippen LogP contribution in [0.15, 0.2) is 47.7 Å². The Morgan fingerprint density at radius 1 is 1.14 bits per heavy atom. The van der Waals surface area contributed by atoms with Crippen molar-refractivity contribution in [2.24, 2.45) is 10.4 Å². The van der Waals surface area contributed by atoms with E-state index in [0.29, 0.717) is 0 Å². The molecule has 0 saturated heterocycles. The van der Waals surface area contributed by atoms with Gasteiger partial charge in [-0.2, -0.15) is 5.10 Å². The smallest absolute Gasteiger partial charge is 0.191 e. The Bertz CT molecular complexity index is 697. The lowest BCUT2D eigenvalue weighted by Gasteiger charge is -2.29. The molecule has 162 valence electrons. The van der Waals surface area contributed by atoms with Crippen molar-refractivity contribution in [3.63, 3.8) is 0 Å². The highest BCUT2D eigenvalue weighted by Gasteiger charge is 2.25. The number of aliphatic hydroxyl groups excluding tert-OH is 1. The van der Waals surface area contributed by atoms with Crippen molar-refractivity contribution in [1.29, 1.82) is 0 Å². The Labute approximate surface area is 192 Å². The Balaban J connectivity index is 0.00000420. The molecule has 1 heterocycles. The van der Waals surface area contributed by atoms with Gasteiger partial charge >= 0.3 is 0 Å². The lowest BCUT2D eigenvalue weighted by Crippen LogP contribution is -2.39. The fraction of sp³-hybridized carbons (Fsp3) is 0.545. The van der Waals surface area contributed by atoms with Crippen LogP contribution in [-0.2, 0) is 6.42 Å². The highest BCUT2D eigenvalue weighted by Crippen LogP contribution is 2.30. The van der Waals surface area contributed by atoms with Gasteiger partial charge in [0.15, 0.2) is 5.96 Å². The summed E-state index contributed by atoms with van der Waals surface area (Å²) < 4.78 is 1.86. The van der Waals surface area contributed by atoms with E-state index in [-0.39, 0.29) is 36.0 Å². The van der Waals surface area contributed by atoms with Gasteiger partial charge < -0.3 is 15.7 Å². The second-order valence-electron chi connectivity index (χ2n) is 7.17. The van der Waals surface area contributed by atoms with Gasteiger partial charge in [0.1, 0.15) is 0 Å². The predicted octanol–water partition coefficient (Wildman–Crippen LogP) is 3.78. The van der Waals surface area contributed by atoms with Crippen LogP contribution in [0.3, 0.4) is 0 Å². The third-order valence-electron chi connectivity index (χ3n) is 5.47. The van der Waals surface area contributed by atoms with Crippen LogP contribution in [-0.4, -0.2) is 47.1 Å². The van der Waals surface area contributed by atoms with Gasteiger partial charge in [-0.1, -0.05) is 26.0 Å². The quantitative estimate of drug-likeness (QED) is 0.243. The van der Waals surface area contributed by atoms with Crippen molar-refractivity contribution in [3.8, 4) is 5.69 Å². The molecule has 2 aromatic rings. The van der Waals surface area contributed by atoms with E-state index in [1.807, 2.05) is 16.9 Å². The lowest BCUT2D eigenvalue weighted by molar-refractivity contribution is 0.175. The third-order valence-corrected chi connectivity index (χ3v) is 5.47. The van der Waals surface area contributed by atoms with E-state index < -0.39 is 0 Å². The van der Waals surface area contributed by atoms with Crippen molar-refractivity contribution < 1.29 is 5.11 Å². The molecule has 3 N–H and O–H groups in total. The molecule has 0 aliphatic rings. The molecule has 0 atom stereocenters. The SMILES string of the molecule is CCNC(=NCC(CC)(CC)CCO)NCCc1ccc(-n2cccn2)cc1.I. The first kappa shape index (κ1) is 25.4. The number of hydrogen-bond donors (Lipinski definition) is 3. The molecule has 2 rings (SSSR count). The second kappa shape index (κ2) is 13.6. The number of aromatic nitrogens is 2. The van der Waals surface area contributed by atoms with Gasteiger partial charge in [0.25, 0.3) is 0 Å². The average Bonchev–Trinajstić information content (AvgIpc) is 3.26. The minimum absolute atomic E-state index is 0. The number of aliphatic imine (C=N–C) groups is 1. The van der Waals surface area contributed by atoms with Crippen LogP contribution in [0, 0.1) is 5.41 Å². The van der Waals surface area contributed by atoms with E-state index >= 15 is 0 Å². The summed E-state index contributed by atoms with van der Waals surface area (Å²) in [5, 5.41) is 20.4. The molecule has 0 unspecified atom stereocenters. The van der Waals surface area contributed by atoms with E-state index in [1.165, 1.54) is 5.56 Å². The molecule has 29 heavy (non-hydrogen) atoms. The summed E-state index contributed by atoms with van der Waals surface area (Å²) in [6.45, 7) is 9.04. The highest BCUT2D eigenvalue weighted by molar-refractivity contribution is 14.0. The van der Waals surface area contributed by atoms with E-state index in [1.54, 1.807) is 6.20 Å². The molecule has 0 bridgehead atoms. The van der Waals surface area contributed by atoms with Crippen molar-refractivity contribution in [3.05, 3.63) is 48.3 Å². The summed E-state index contributed by atoms with van der Waals surface area (Å²) in [6.07, 6.45) is 7.49. The lowest BCUT2D eigenvalue weighted by atomic mass is 9.79. The molecular weight excluding hydrogens is 477 g/mol. The molecular formula is C22H36IN5O. The summed E-state index contributed by atoms with van der Waals surface area (Å²) in [5.74, 6) is 0.847. The average molecular weight is 513 g/mol. The fourth-order valence-corrected chi connectivity index (χ4v) is 3.29. The van der Waals surface area contributed by atoms with E-state index in [2.05, 4.69) is 60.8 Å². The van der Waals surface area contributed by atoms with Crippen LogP contribution in [0.25, 0.3) is 5.69 Å². The minimum atomic E-state index is 0. The Kier molecular flexibility index (Phi) is 11.9. The van der Waals surface area contributed by atoms with Gasteiger partial charge in [-0.05, 0) is 61.8 Å². The predicted molar refractivity (Wildman–Crippen MR) is 131 cm³/mol. The Morgan fingerprint density at radius 3 is 2.41 bits per heavy atom. The van der Waals surface area contributed by atoms with Crippen LogP contribution < -0.4 is 10.6 Å². The maximum Gasteiger partial charge on any atom is 0.191 e. The molecule has 1 aromatic carbocycles. The standard InChI is InChI=1S/C22H35N5O.HI/c1-4-22(5-2,13-17-28)18-25-21(23-6-3)24-15-12-19-8-10-20(11-9-19)27-16-7-14-26-27;/h7-11,14,16,28H,4-6,12-13,15,17-18H2,1-3H3,(H2,23,24,25);1H. The number of benzene rings is 1. The number of nitrogens with zero attached hydrogens (tertiary/aromatic N) is 3. The maximum absolute atomic E-state index is 9.39. The van der Waals surface area contributed by atoms with E-state index in [4.69, 9.17) is 4.99 Å². The van der Waals surface area contributed by atoms with Gasteiger partial charge in [0.05, 0.1) is 5.69 Å². The number of halogens is 1. The highest BCUT2D eigenvalue weighted by atomic mass is 127. The molecule has 7 heteroatoms. The zero-order valence-electron chi connectivity index (χ0n) is 17.9. The minimum Gasteiger partial charge on any atom is -0.396 e. The van der Waals surface area contributed by atoms with Gasteiger partial charge in [0, 0.05) is 38.6 Å². The zero-order valence-corrected chi connectivity index (χ0v) is 20.2. The fourth-order valence-electron chi connectivity index (χ4n) is 3.29. The molecule has 0 radical (unpaired) electrons. The molecule has 0 amide bonds. The van der Waals surface area contributed by atoms with Crippen LogP contribution in [0.5, 0.6) is 0 Å². The van der Waals surface area contributed by atoms with Crippen LogP contribution in [0.2, 0.25) is 0 Å². The molecule has 0 aliphatic carbocycles. The first-order chi connectivity index (χ1) is 13.7. The Hall–Kier alpha value is -1.61. The second-order valence-corrected chi connectivity index (χ2v) is 7.17. The largest absolute Gasteiger partial charge is 0.396 e. The van der Waals surface area contributed by atoms with Gasteiger partial charge in [-0.3, -0.25) is 4.99 Å². The van der Waals surface area contributed by atoms with Crippen LogP contribution >= 0.6 is 24.0 Å². The number of rotatable bonds is 11. The number of nitrogens with one attached hydrogen (secondary N) is 2. The summed E-state index contributed by atoms with van der Waals surface area (Å²) in [4.78, 5) is 4.80. The summed E-state index contributed by atoms with van der Waals surface area (Å²) in [6, 6.07) is 10.4. The molecule has 0 fully saturated rings. The third kappa shape index (κ3) is 7.97. The normalized spacial score (nSPS) is 11.8. The molecule has 0 saturated carbocycles. The van der Waals surface area contributed by atoms with Gasteiger partial charge in [0.2, 0.25) is 0 Å². The number of guanidine groups is 1. The zero-order chi connectivity index (χ0) is 20.2. The maximum atomic E-state index is 9.39. The van der Waals surface area contributed by atoms with E-state index in [0.717, 1.165) is 57.0 Å². The van der Waals surface area contributed by atoms with Crippen molar-refractivity contribution in [1.82, 2.24) is 20.4 Å². The van der Waals surface area contributed by atoms with Crippen molar-refractivity contribution >= 4 is 29.9 Å². The van der Waals surface area contributed by atoms with Crippen LogP contribution in [0.4, 0.5) is 0 Å². The summed E-state index contributed by atoms with van der Waals surface area (Å²) in [5.41, 5.74) is 2.42. The van der Waals surface area contributed by atoms with Gasteiger partial charge in [-0.25, -0.2) is 4.68 Å². The molecule has 0 spiro atoms. The molecule has 6 nitrogen and oxygen atoms in total. The van der Waals surface area contributed by atoms with E-state index in [9.17, 15) is 5.11 Å². The Morgan fingerprint density at radius 2 is 1.86 bits per heavy atom. The number of hydrogen-bond acceptors (Lipinski definition) is 3. The van der Waals surface area contributed by atoms with Gasteiger partial charge in [-0.15, -0.1) is 24.0 Å². The first-order valence-electron chi connectivity index (χ1n) is 10.4. The first-order valence-corrected chi connectivity index (χ1v) is 10.4. The monoisotopic (exact) mass is 513 g/mol. The molecule has 0 aliphatic heterocycles. The molecule has 1 aromatic heterocycles. The number of aliphatic hydroxyl groups is 1.